The molecule has 9 heavy (non-hydrogen) atoms. The van der Waals surface area contributed by atoms with Gasteiger partial charge in [-0.3, -0.25) is 0 Å². The van der Waals surface area contributed by atoms with E-state index in [0.717, 1.165) is 0 Å². The second kappa shape index (κ2) is 7.20. The summed E-state index contributed by atoms with van der Waals surface area (Å²) in [6, 6.07) is 0. The minimum atomic E-state index is -1.82. The van der Waals surface area contributed by atoms with Gasteiger partial charge in [-0.15, -0.1) is 0 Å². The van der Waals surface area contributed by atoms with Crippen LogP contribution in [-0.4, -0.2) is 22.2 Å². The topological polar surface area (TPSA) is 104 Å². The second-order valence-corrected chi connectivity index (χ2v) is 0.952. The number of rotatable bonds is 0. The van der Waals surface area contributed by atoms with Gasteiger partial charge in [0.15, 0.2) is 0 Å². The molecule has 0 unspecified atom stereocenters. The van der Waals surface area contributed by atoms with Gasteiger partial charge in [0.2, 0.25) is 0 Å². The Bertz CT molecular complexity index is 110. The van der Waals surface area contributed by atoms with Gasteiger partial charge in [-0.1, -0.05) is 0 Å². The average molecular weight is 226 g/mol. The van der Waals surface area contributed by atoms with Crippen LogP contribution in [0.25, 0.3) is 0 Å². The first-order valence-corrected chi connectivity index (χ1v) is 2.12. The van der Waals surface area contributed by atoms with E-state index >= 15 is 0 Å². The molecule has 0 amide bonds. The third kappa shape index (κ3) is 19.0. The van der Waals surface area contributed by atoms with E-state index < -0.39 is 11.9 Å². The number of carbonyl (C=O) groups is 2. The van der Waals surface area contributed by atoms with Gasteiger partial charge in [0, 0.05) is 0 Å². The zero-order valence-electron chi connectivity index (χ0n) is 3.88. The number of nitroso groups, excluding NO2 is 1. The van der Waals surface area contributed by atoms with Crippen molar-refractivity contribution in [3.05, 3.63) is 4.91 Å². The molecule has 0 aliphatic heterocycles. The van der Waals surface area contributed by atoms with E-state index in [9.17, 15) is 0 Å². The van der Waals surface area contributed by atoms with E-state index in [1.54, 1.807) is 0 Å². The second-order valence-electron chi connectivity index (χ2n) is 0.668. The molecule has 0 heterocycles. The molecule has 6 nitrogen and oxygen atoms in total. The Morgan fingerprint density at radius 3 is 1.33 bits per heavy atom. The van der Waals surface area contributed by atoms with Crippen molar-refractivity contribution >= 4 is 11.9 Å². The van der Waals surface area contributed by atoms with Gasteiger partial charge in [-0.05, 0) is 0 Å². The first-order chi connectivity index (χ1) is 4.06. The Hall–Kier alpha value is -0.798. The molecular weight excluding hydrogens is 224 g/mol. The molecule has 0 aliphatic rings. The van der Waals surface area contributed by atoms with Crippen LogP contribution >= 0.6 is 0 Å². The zero-order chi connectivity index (χ0) is 7.86. The number of hydrogen-bond acceptors (Lipinski definition) is 4. The van der Waals surface area contributed by atoms with E-state index in [1.807, 2.05) is 19.4 Å². The fraction of sp³-hybridized carbons (Fsp3) is 0. The standard InChI is InChI=1S/C2H2O4.NO.Pd/c3-1(4)2(5)6;1-2;/h(H,3,4)(H,5,6);;/q;-1;+1. The number of nitrogens with zero attached hydrogens (tertiary/aromatic N) is 1. The van der Waals surface area contributed by atoms with Crippen LogP contribution in [0.5, 0.6) is 0 Å². The van der Waals surface area contributed by atoms with Crippen LogP contribution in [0, 0.1) is 4.91 Å². The van der Waals surface area contributed by atoms with Crippen molar-refractivity contribution in [1.29, 1.82) is 0 Å². The van der Waals surface area contributed by atoms with Crippen molar-refractivity contribution in [2.45, 2.75) is 0 Å². The van der Waals surface area contributed by atoms with Crippen molar-refractivity contribution < 1.29 is 39.2 Å². The molecule has 0 saturated heterocycles. The van der Waals surface area contributed by atoms with E-state index in [2.05, 4.69) is 3.81 Å². The quantitative estimate of drug-likeness (QED) is 0.325. The summed E-state index contributed by atoms with van der Waals surface area (Å²) in [6.07, 6.45) is 0. The molecule has 0 rings (SSSR count). The third-order valence-corrected chi connectivity index (χ3v) is 0.183. The predicted molar refractivity (Wildman–Crippen MR) is 21.1 cm³/mol. The van der Waals surface area contributed by atoms with E-state index in [4.69, 9.17) is 24.7 Å². The summed E-state index contributed by atoms with van der Waals surface area (Å²) in [6.45, 7) is 0. The molecule has 0 aromatic heterocycles. The van der Waals surface area contributed by atoms with Crippen LogP contribution in [0.1, 0.15) is 0 Å². The SMILES string of the molecule is O=C(O)C(=O)O.O=[N][Pd]. The summed E-state index contributed by atoms with van der Waals surface area (Å²) < 4.78 is 2.10. The van der Waals surface area contributed by atoms with Crippen LogP contribution in [0.15, 0.2) is 3.81 Å². The first kappa shape index (κ1) is 11.1. The first-order valence-electron chi connectivity index (χ1n) is 1.43. The normalized spacial score (nSPS) is 6.44. The molecule has 0 bridgehead atoms. The zero-order valence-corrected chi connectivity index (χ0v) is 5.44. The third-order valence-electron chi connectivity index (χ3n) is 0.183. The monoisotopic (exact) mass is 226 g/mol. The number of carboxylic acids is 2. The van der Waals surface area contributed by atoms with Gasteiger partial charge in [0.05, 0.1) is 0 Å². The Labute approximate surface area is 60.5 Å². The Kier molecular flexibility index (Phi) is 8.85. The van der Waals surface area contributed by atoms with Gasteiger partial charge in [-0.2, -0.15) is 0 Å². The molecule has 0 saturated carbocycles. The number of carboxylic acid groups (broad SMARTS) is 2. The van der Waals surface area contributed by atoms with Crippen LogP contribution in [0.3, 0.4) is 0 Å². The molecule has 55 valence electrons. The summed E-state index contributed by atoms with van der Waals surface area (Å²) >= 11 is 2.01. The summed E-state index contributed by atoms with van der Waals surface area (Å²) in [5.74, 6) is -3.65. The molecule has 2 N–H and O–H groups in total. The maximum absolute atomic E-state index is 9.10. The Morgan fingerprint density at radius 1 is 1.22 bits per heavy atom. The van der Waals surface area contributed by atoms with Crippen molar-refractivity contribution in [3.63, 3.8) is 0 Å². The van der Waals surface area contributed by atoms with Crippen molar-refractivity contribution in [2.24, 2.45) is 3.81 Å². The number of hydrogen-bond donors (Lipinski definition) is 2. The molecular formula is C2H2NO5Pd. The van der Waals surface area contributed by atoms with Gasteiger partial charge in [0.1, 0.15) is 0 Å². The molecule has 0 fully saturated rings. The predicted octanol–water partition coefficient (Wildman–Crippen LogP) is -0.630. The van der Waals surface area contributed by atoms with Crippen LogP contribution in [-0.2, 0) is 29.0 Å². The molecule has 7 heteroatoms. The number of aliphatic carboxylic acids is 2. The fourth-order valence-electron chi connectivity index (χ4n) is 0. The van der Waals surface area contributed by atoms with Crippen LogP contribution in [0.2, 0.25) is 0 Å². The molecule has 0 spiro atoms. The van der Waals surface area contributed by atoms with Crippen LogP contribution < -0.4 is 0 Å². The van der Waals surface area contributed by atoms with Gasteiger partial charge >= 0.3 is 40.1 Å². The molecule has 0 aromatic carbocycles. The summed E-state index contributed by atoms with van der Waals surface area (Å²) in [5, 5.41) is 14.8. The molecule has 0 radical (unpaired) electrons. The molecule has 0 aromatic rings. The summed E-state index contributed by atoms with van der Waals surface area (Å²) in [4.78, 5) is 26.7. The van der Waals surface area contributed by atoms with E-state index in [0.29, 0.717) is 0 Å². The van der Waals surface area contributed by atoms with Gasteiger partial charge < -0.3 is 10.2 Å². The van der Waals surface area contributed by atoms with Crippen molar-refractivity contribution in [1.82, 2.24) is 0 Å². The Morgan fingerprint density at radius 2 is 1.33 bits per heavy atom. The maximum atomic E-state index is 9.10. The van der Waals surface area contributed by atoms with Crippen molar-refractivity contribution in [3.8, 4) is 0 Å². The fourth-order valence-corrected chi connectivity index (χ4v) is 0. The Balaban J connectivity index is 0. The summed E-state index contributed by atoms with van der Waals surface area (Å²) in [7, 11) is 0. The average Bonchev–Trinajstić information content (AvgIpc) is 1.68. The van der Waals surface area contributed by atoms with Crippen LogP contribution in [0.4, 0.5) is 0 Å². The van der Waals surface area contributed by atoms with E-state index in [-0.39, 0.29) is 0 Å². The summed E-state index contributed by atoms with van der Waals surface area (Å²) in [5.41, 5.74) is 0. The van der Waals surface area contributed by atoms with Gasteiger partial charge in [0.25, 0.3) is 0 Å². The van der Waals surface area contributed by atoms with E-state index in [1.165, 1.54) is 0 Å². The van der Waals surface area contributed by atoms with Gasteiger partial charge in [-0.25, -0.2) is 9.59 Å². The molecule has 0 aliphatic carbocycles. The van der Waals surface area contributed by atoms with Crippen molar-refractivity contribution in [2.75, 3.05) is 0 Å². The molecule has 0 atom stereocenters. The minimum absolute atomic E-state index is 1.82.